The normalized spacial score (nSPS) is 16.8. The minimum absolute atomic E-state index is 1.07. The third-order valence-electron chi connectivity index (χ3n) is 2.54. The number of allylic oxidation sites excluding steroid dienone is 1. The van der Waals surface area contributed by atoms with Crippen molar-refractivity contribution in [1.29, 1.82) is 0 Å². The first-order chi connectivity index (χ1) is 8.16. The number of rotatable bonds is 2. The van der Waals surface area contributed by atoms with E-state index in [-0.39, 0.29) is 0 Å². The van der Waals surface area contributed by atoms with Gasteiger partial charge in [-0.3, -0.25) is 0 Å². The van der Waals surface area contributed by atoms with E-state index in [9.17, 15) is 0 Å². The van der Waals surface area contributed by atoms with Gasteiger partial charge in [-0.2, -0.15) is 0 Å². The molecule has 1 aromatic carbocycles. The lowest BCUT2D eigenvalue weighted by atomic mass is 10.1. The van der Waals surface area contributed by atoms with Crippen LogP contribution in [-0.2, 0) is 11.4 Å². The predicted octanol–water partition coefficient (Wildman–Crippen LogP) is 2.15. The van der Waals surface area contributed by atoms with Crippen LogP contribution in [0.5, 0.6) is 0 Å². The molecule has 1 heterocycles. The van der Waals surface area contributed by atoms with Crippen LogP contribution in [0.15, 0.2) is 30.4 Å². The predicted molar refractivity (Wildman–Crippen MR) is 83.9 cm³/mol. The highest BCUT2D eigenvalue weighted by atomic mass is 32.2. The number of hydrogen-bond donors (Lipinski definition) is 0. The molecule has 0 atom stereocenters. The van der Waals surface area contributed by atoms with E-state index in [0.29, 0.717) is 0 Å². The molecule has 0 aromatic heterocycles. The molecule has 1 aliphatic rings. The average molecular weight is 261 g/mol. The van der Waals surface area contributed by atoms with E-state index in [4.69, 9.17) is 0 Å². The SMILES string of the molecule is C=C(C)/C=c1/ccc(C2=[S+]CCCS2)cc1=C. The van der Waals surface area contributed by atoms with E-state index < -0.39 is 0 Å². The van der Waals surface area contributed by atoms with Gasteiger partial charge in [-0.1, -0.05) is 42.6 Å². The van der Waals surface area contributed by atoms with E-state index in [1.165, 1.54) is 32.9 Å². The third-order valence-corrected chi connectivity index (χ3v) is 5.22. The van der Waals surface area contributed by atoms with Crippen molar-refractivity contribution >= 4 is 40.0 Å². The summed E-state index contributed by atoms with van der Waals surface area (Å²) in [4.78, 5) is 0. The lowest BCUT2D eigenvalue weighted by Gasteiger charge is -2.02. The second-order valence-corrected chi connectivity index (χ2v) is 6.71. The molecule has 0 N–H and O–H groups in total. The fourth-order valence-corrected chi connectivity index (χ4v) is 4.29. The van der Waals surface area contributed by atoms with Gasteiger partial charge in [0.1, 0.15) is 0 Å². The first kappa shape index (κ1) is 12.6. The summed E-state index contributed by atoms with van der Waals surface area (Å²) < 4.78 is 1.45. The maximum Gasteiger partial charge on any atom is 0.265 e. The summed E-state index contributed by atoms with van der Waals surface area (Å²) >= 11 is 3.94. The van der Waals surface area contributed by atoms with E-state index >= 15 is 0 Å². The van der Waals surface area contributed by atoms with Gasteiger partial charge in [-0.15, -0.1) is 0 Å². The van der Waals surface area contributed by atoms with Gasteiger partial charge in [-0.25, -0.2) is 0 Å². The first-order valence-corrected chi connectivity index (χ1v) is 7.73. The Morgan fingerprint density at radius 3 is 2.88 bits per heavy atom. The zero-order valence-electron chi connectivity index (χ0n) is 10.2. The highest BCUT2D eigenvalue weighted by molar-refractivity contribution is 8.23. The van der Waals surface area contributed by atoms with E-state index in [0.717, 1.165) is 10.8 Å². The smallest absolute Gasteiger partial charge is 0.0961 e. The Hall–Kier alpha value is -0.860. The van der Waals surface area contributed by atoms with E-state index in [1.54, 1.807) is 0 Å². The van der Waals surface area contributed by atoms with Crippen molar-refractivity contribution in [2.24, 2.45) is 0 Å². The average Bonchev–Trinajstić information content (AvgIpc) is 2.32. The molecule has 0 unspecified atom stereocenters. The summed E-state index contributed by atoms with van der Waals surface area (Å²) in [5.41, 5.74) is 2.39. The van der Waals surface area contributed by atoms with Crippen molar-refractivity contribution in [2.75, 3.05) is 11.5 Å². The zero-order chi connectivity index (χ0) is 12.3. The van der Waals surface area contributed by atoms with Crippen LogP contribution >= 0.6 is 11.8 Å². The molecule has 0 spiro atoms. The lowest BCUT2D eigenvalue weighted by molar-refractivity contribution is 1.13. The van der Waals surface area contributed by atoms with Crippen LogP contribution in [0.1, 0.15) is 18.9 Å². The Labute approximate surface area is 111 Å². The van der Waals surface area contributed by atoms with Gasteiger partial charge >= 0.3 is 0 Å². The van der Waals surface area contributed by atoms with Gasteiger partial charge in [0.25, 0.3) is 4.20 Å². The van der Waals surface area contributed by atoms with Gasteiger partial charge in [0.2, 0.25) is 0 Å². The van der Waals surface area contributed by atoms with Crippen LogP contribution in [0.25, 0.3) is 12.7 Å². The van der Waals surface area contributed by atoms with Crippen molar-refractivity contribution in [1.82, 2.24) is 0 Å². The first-order valence-electron chi connectivity index (χ1n) is 5.76. The fourth-order valence-electron chi connectivity index (χ4n) is 1.74. The molecule has 0 amide bonds. The zero-order valence-corrected chi connectivity index (χ0v) is 11.8. The molecular formula is C15H17S2+. The maximum absolute atomic E-state index is 4.12. The molecule has 0 radical (unpaired) electrons. The molecule has 0 fully saturated rings. The largest absolute Gasteiger partial charge is 0.265 e. The number of benzene rings is 1. The molecular weight excluding hydrogens is 244 g/mol. The maximum atomic E-state index is 4.12. The summed E-state index contributed by atoms with van der Waals surface area (Å²) in [6.45, 7) is 10.0. The molecule has 0 aliphatic carbocycles. The molecule has 0 saturated carbocycles. The van der Waals surface area contributed by atoms with Gasteiger partial charge in [0.05, 0.1) is 0 Å². The van der Waals surface area contributed by atoms with Crippen molar-refractivity contribution in [3.8, 4) is 0 Å². The number of hydrogen-bond acceptors (Lipinski definition) is 1. The Morgan fingerprint density at radius 2 is 2.29 bits per heavy atom. The summed E-state index contributed by atoms with van der Waals surface area (Å²) in [7, 11) is 0. The summed E-state index contributed by atoms with van der Waals surface area (Å²) in [5.74, 6) is 2.49. The van der Waals surface area contributed by atoms with Crippen molar-refractivity contribution in [2.45, 2.75) is 13.3 Å². The van der Waals surface area contributed by atoms with Crippen LogP contribution < -0.4 is 10.4 Å². The van der Waals surface area contributed by atoms with Crippen LogP contribution in [-0.4, -0.2) is 15.7 Å². The standard InChI is InChI=1S/C15H17S2/c1-11(2)9-13-5-6-14(10-12(13)3)15-16-7-4-8-17-15/h5-6,9-10H,1,3-4,7-8H2,2H3/q+1/b13-9-. The lowest BCUT2D eigenvalue weighted by Crippen LogP contribution is -2.24. The van der Waals surface area contributed by atoms with Crippen molar-refractivity contribution < 1.29 is 0 Å². The van der Waals surface area contributed by atoms with Crippen LogP contribution in [0.4, 0.5) is 0 Å². The van der Waals surface area contributed by atoms with Crippen molar-refractivity contribution in [3.63, 3.8) is 0 Å². The van der Waals surface area contributed by atoms with Gasteiger partial charge < -0.3 is 0 Å². The monoisotopic (exact) mass is 261 g/mol. The molecule has 0 saturated heterocycles. The van der Waals surface area contributed by atoms with Crippen molar-refractivity contribution in [3.05, 3.63) is 46.4 Å². The summed E-state index contributed by atoms with van der Waals surface area (Å²) in [5, 5.41) is 2.26. The Balaban J connectivity index is 2.41. The van der Waals surface area contributed by atoms with Gasteiger partial charge in [0, 0.05) is 17.7 Å². The topological polar surface area (TPSA) is 0 Å². The Bertz CT molecular complexity index is 567. The molecule has 0 bridgehead atoms. The molecule has 17 heavy (non-hydrogen) atoms. The minimum Gasteiger partial charge on any atom is -0.0961 e. The second kappa shape index (κ2) is 5.65. The summed E-state index contributed by atoms with van der Waals surface area (Å²) in [6, 6.07) is 6.54. The number of thioether (sulfide) groups is 1. The van der Waals surface area contributed by atoms with Gasteiger partial charge in [0.15, 0.2) is 17.1 Å². The molecule has 88 valence electrons. The second-order valence-electron chi connectivity index (χ2n) is 4.24. The fraction of sp³-hybridized carbons (Fsp3) is 0.267. The highest BCUT2D eigenvalue weighted by Crippen LogP contribution is 2.16. The molecule has 1 aliphatic heterocycles. The Morgan fingerprint density at radius 1 is 1.47 bits per heavy atom. The van der Waals surface area contributed by atoms with E-state index in [1.807, 2.05) is 30.0 Å². The van der Waals surface area contributed by atoms with Gasteiger partial charge in [-0.05, 0) is 29.5 Å². The summed E-state index contributed by atoms with van der Waals surface area (Å²) in [6.07, 6.45) is 3.40. The highest BCUT2D eigenvalue weighted by Gasteiger charge is 2.18. The van der Waals surface area contributed by atoms with Crippen LogP contribution in [0.2, 0.25) is 0 Å². The van der Waals surface area contributed by atoms with Crippen LogP contribution in [0, 0.1) is 0 Å². The quantitative estimate of drug-likeness (QED) is 0.581. The van der Waals surface area contributed by atoms with E-state index in [2.05, 4.69) is 37.4 Å². The minimum atomic E-state index is 1.07. The molecule has 0 nitrogen and oxygen atoms in total. The third kappa shape index (κ3) is 3.30. The molecule has 2 heteroatoms. The Kier molecular flexibility index (Phi) is 4.19. The molecule has 2 rings (SSSR count). The molecule has 1 aromatic rings. The van der Waals surface area contributed by atoms with Crippen LogP contribution in [0.3, 0.4) is 0 Å².